The number of nitrogens with one attached hydrogen (secondary N) is 2. The minimum Gasteiger partial charge on any atom is -0.439 e. The van der Waals surface area contributed by atoms with Crippen LogP contribution in [0.2, 0.25) is 0 Å². The number of benzene rings is 2. The number of nitrogens with two attached hydrogens (primary N) is 1. The number of amides is 3. The summed E-state index contributed by atoms with van der Waals surface area (Å²) in [7, 11) is -3.30. The topological polar surface area (TPSA) is 144 Å². The summed E-state index contributed by atoms with van der Waals surface area (Å²) in [5.41, 5.74) is 6.95. The minimum atomic E-state index is -3.30. The van der Waals surface area contributed by atoms with Crippen LogP contribution in [0.1, 0.15) is 60.5 Å². The summed E-state index contributed by atoms with van der Waals surface area (Å²) >= 11 is 0. The molecule has 3 aromatic rings. The van der Waals surface area contributed by atoms with E-state index in [0.717, 1.165) is 50.3 Å². The molecular weight excluding hydrogens is 573 g/mol. The van der Waals surface area contributed by atoms with Crippen LogP contribution in [0, 0.1) is 12.7 Å². The number of pyridine rings is 1. The Bertz CT molecular complexity index is 1570. The van der Waals surface area contributed by atoms with Crippen molar-refractivity contribution in [3.05, 3.63) is 77.2 Å². The maximum Gasteiger partial charge on any atom is 0.319 e. The second-order valence-corrected chi connectivity index (χ2v) is 13.0. The van der Waals surface area contributed by atoms with Gasteiger partial charge in [0.25, 0.3) is 5.91 Å². The highest BCUT2D eigenvalue weighted by molar-refractivity contribution is 7.90. The largest absolute Gasteiger partial charge is 0.439 e. The third-order valence-electron chi connectivity index (χ3n) is 7.53. The van der Waals surface area contributed by atoms with Gasteiger partial charge in [0.2, 0.25) is 5.88 Å². The summed E-state index contributed by atoms with van der Waals surface area (Å²) in [6.07, 6.45) is 7.61. The second-order valence-electron chi connectivity index (χ2n) is 11.0. The molecule has 0 spiro atoms. The molecule has 10 nitrogen and oxygen atoms in total. The molecule has 2 aromatic carbocycles. The first-order chi connectivity index (χ1) is 20.4. The predicted octanol–water partition coefficient (Wildman–Crippen LogP) is 5.17. The van der Waals surface area contributed by atoms with Gasteiger partial charge in [-0.05, 0) is 73.7 Å². The molecule has 1 aromatic heterocycles. The van der Waals surface area contributed by atoms with Crippen LogP contribution in [0.5, 0.6) is 11.6 Å². The van der Waals surface area contributed by atoms with Crippen LogP contribution in [-0.2, 0) is 16.4 Å². The van der Waals surface area contributed by atoms with Crippen molar-refractivity contribution in [1.29, 1.82) is 0 Å². The summed E-state index contributed by atoms with van der Waals surface area (Å²) in [6, 6.07) is 12.0. The maximum absolute atomic E-state index is 13.8. The summed E-state index contributed by atoms with van der Waals surface area (Å²) < 4.78 is 43.3. The zero-order valence-electron chi connectivity index (χ0n) is 24.6. The fourth-order valence-corrected chi connectivity index (χ4v) is 5.91. The van der Waals surface area contributed by atoms with E-state index in [4.69, 9.17) is 10.5 Å². The number of urea groups is 1. The van der Waals surface area contributed by atoms with Crippen molar-refractivity contribution < 1.29 is 27.1 Å². The molecule has 1 aliphatic rings. The molecule has 230 valence electrons. The van der Waals surface area contributed by atoms with Crippen molar-refractivity contribution in [2.45, 2.75) is 69.5 Å². The number of rotatable bonds is 11. The normalized spacial score (nSPS) is 17.3. The number of nitrogens with zero attached hydrogens (tertiary/aromatic N) is 2. The highest BCUT2D eigenvalue weighted by Gasteiger charge is 2.29. The van der Waals surface area contributed by atoms with Gasteiger partial charge < -0.3 is 21.1 Å². The van der Waals surface area contributed by atoms with E-state index >= 15 is 0 Å². The molecule has 43 heavy (non-hydrogen) atoms. The number of halogens is 1. The summed E-state index contributed by atoms with van der Waals surface area (Å²) in [5.74, 6) is -0.683. The van der Waals surface area contributed by atoms with Gasteiger partial charge in [-0.25, -0.2) is 22.6 Å². The number of piperidine rings is 1. The number of primary amides is 1. The quantitative estimate of drug-likeness (QED) is 0.271. The SMILES string of the molecule is CCCCC1CC(NC(=O)Nc2ccc(F)c(C(N)=O)c2)CCN1Cc1ccc(Oc2ccc(S(C)(=O)=O)cc2C)nc1. The molecular formula is C31H38FN5O5S. The monoisotopic (exact) mass is 611 g/mol. The molecule has 0 saturated carbocycles. The minimum absolute atomic E-state index is 0.0413. The van der Waals surface area contributed by atoms with Crippen LogP contribution in [0.3, 0.4) is 0 Å². The van der Waals surface area contributed by atoms with Gasteiger partial charge in [-0.3, -0.25) is 9.69 Å². The highest BCUT2D eigenvalue weighted by atomic mass is 32.2. The van der Waals surface area contributed by atoms with Crippen molar-refractivity contribution >= 4 is 27.5 Å². The van der Waals surface area contributed by atoms with Gasteiger partial charge in [-0.1, -0.05) is 25.8 Å². The smallest absolute Gasteiger partial charge is 0.319 e. The molecule has 0 bridgehead atoms. The molecule has 2 atom stereocenters. The number of likely N-dealkylation sites (tertiary alicyclic amines) is 1. The van der Waals surface area contributed by atoms with E-state index in [0.29, 0.717) is 23.7 Å². The van der Waals surface area contributed by atoms with Gasteiger partial charge in [0.15, 0.2) is 9.84 Å². The Morgan fingerprint density at radius 1 is 1.16 bits per heavy atom. The predicted molar refractivity (Wildman–Crippen MR) is 162 cm³/mol. The second kappa shape index (κ2) is 14.0. The molecule has 0 aliphatic carbocycles. The Kier molecular flexibility index (Phi) is 10.4. The molecule has 1 fully saturated rings. The molecule has 0 radical (unpaired) electrons. The van der Waals surface area contributed by atoms with Crippen molar-refractivity contribution in [2.24, 2.45) is 5.73 Å². The molecule has 2 unspecified atom stereocenters. The Morgan fingerprint density at radius 2 is 1.95 bits per heavy atom. The maximum atomic E-state index is 13.8. The van der Waals surface area contributed by atoms with Gasteiger partial charge in [0, 0.05) is 49.4 Å². The Labute approximate surface area is 251 Å². The highest BCUT2D eigenvalue weighted by Crippen LogP contribution is 2.28. The number of unbranched alkanes of at least 4 members (excludes halogenated alkanes) is 1. The van der Waals surface area contributed by atoms with Crippen LogP contribution >= 0.6 is 0 Å². The first kappa shape index (κ1) is 31.9. The first-order valence-electron chi connectivity index (χ1n) is 14.3. The number of carbonyl (C=O) groups excluding carboxylic acids is 2. The lowest BCUT2D eigenvalue weighted by Gasteiger charge is -2.40. The molecule has 1 saturated heterocycles. The summed E-state index contributed by atoms with van der Waals surface area (Å²) in [5, 5.41) is 5.69. The fraction of sp³-hybridized carbons (Fsp3) is 0.387. The molecule has 3 amide bonds. The number of aryl methyl sites for hydroxylation is 1. The zero-order valence-corrected chi connectivity index (χ0v) is 25.4. The lowest BCUT2D eigenvalue weighted by atomic mass is 9.93. The van der Waals surface area contributed by atoms with Crippen LogP contribution in [0.15, 0.2) is 59.6 Å². The average Bonchev–Trinajstić information content (AvgIpc) is 2.95. The van der Waals surface area contributed by atoms with E-state index < -0.39 is 27.6 Å². The van der Waals surface area contributed by atoms with Crippen molar-refractivity contribution in [2.75, 3.05) is 18.1 Å². The van der Waals surface area contributed by atoms with Gasteiger partial charge >= 0.3 is 6.03 Å². The first-order valence-corrected chi connectivity index (χ1v) is 16.2. The molecule has 12 heteroatoms. The van der Waals surface area contributed by atoms with E-state index in [1.807, 2.05) is 6.07 Å². The molecule has 4 rings (SSSR count). The average molecular weight is 612 g/mol. The molecule has 4 N–H and O–H groups in total. The van der Waals surface area contributed by atoms with Crippen molar-refractivity contribution in [1.82, 2.24) is 15.2 Å². The van der Waals surface area contributed by atoms with E-state index in [2.05, 4.69) is 27.4 Å². The number of carbonyl (C=O) groups is 2. The third kappa shape index (κ3) is 8.74. The Morgan fingerprint density at radius 3 is 2.60 bits per heavy atom. The van der Waals surface area contributed by atoms with Gasteiger partial charge in [0.1, 0.15) is 11.6 Å². The van der Waals surface area contributed by atoms with Crippen molar-refractivity contribution in [3.8, 4) is 11.6 Å². The molecule has 2 heterocycles. The number of anilines is 1. The lowest BCUT2D eigenvalue weighted by molar-refractivity contribution is 0.0996. The Balaban J connectivity index is 1.35. The third-order valence-corrected chi connectivity index (χ3v) is 8.64. The lowest BCUT2D eigenvalue weighted by Crippen LogP contribution is -2.50. The van der Waals surface area contributed by atoms with Crippen LogP contribution in [-0.4, -0.2) is 55.1 Å². The number of hydrogen-bond acceptors (Lipinski definition) is 7. The van der Waals surface area contributed by atoms with E-state index in [1.54, 1.807) is 31.3 Å². The van der Waals surface area contributed by atoms with Gasteiger partial charge in [-0.2, -0.15) is 0 Å². The number of hydrogen-bond donors (Lipinski definition) is 3. The van der Waals surface area contributed by atoms with E-state index in [-0.39, 0.29) is 28.2 Å². The zero-order chi connectivity index (χ0) is 31.1. The van der Waals surface area contributed by atoms with Crippen LogP contribution < -0.4 is 21.1 Å². The Hall–Kier alpha value is -4.03. The molecule has 1 aliphatic heterocycles. The number of aromatic nitrogens is 1. The van der Waals surface area contributed by atoms with Crippen molar-refractivity contribution in [3.63, 3.8) is 0 Å². The fourth-order valence-electron chi connectivity index (χ4n) is 5.20. The summed E-state index contributed by atoms with van der Waals surface area (Å²) in [4.78, 5) is 31.2. The summed E-state index contributed by atoms with van der Waals surface area (Å²) in [6.45, 7) is 5.43. The van der Waals surface area contributed by atoms with Crippen LogP contribution in [0.25, 0.3) is 0 Å². The number of sulfone groups is 1. The standard InChI is InChI=1S/C31H38FN5O5S/c1-4-5-6-24-16-23(36-31(39)35-22-8-10-27(32)26(17-22)30(33)38)13-14-37(24)19-21-7-12-29(34-18-21)42-28-11-9-25(15-20(28)2)43(3,40)41/h7-12,15,17-18,23-24H,4-6,13-14,16,19H2,1-3H3,(H2,33,38)(H2,35,36,39). The van der Waals surface area contributed by atoms with Crippen LogP contribution in [0.4, 0.5) is 14.9 Å². The number of ether oxygens (including phenoxy) is 1. The van der Waals surface area contributed by atoms with Gasteiger partial charge in [-0.15, -0.1) is 0 Å². The van der Waals surface area contributed by atoms with E-state index in [9.17, 15) is 22.4 Å². The van der Waals surface area contributed by atoms with E-state index in [1.165, 1.54) is 24.5 Å². The van der Waals surface area contributed by atoms with Gasteiger partial charge in [0.05, 0.1) is 10.5 Å².